The molecular weight excluding hydrogens is 251 g/mol. The first-order valence-corrected chi connectivity index (χ1v) is 6.97. The van der Waals surface area contributed by atoms with E-state index in [9.17, 15) is 4.39 Å². The van der Waals surface area contributed by atoms with Crippen LogP contribution in [0.3, 0.4) is 0 Å². The summed E-state index contributed by atoms with van der Waals surface area (Å²) in [7, 11) is 0. The van der Waals surface area contributed by atoms with Gasteiger partial charge in [-0.25, -0.2) is 4.39 Å². The van der Waals surface area contributed by atoms with E-state index in [4.69, 9.17) is 11.6 Å². The molecule has 4 heteroatoms. The quantitative estimate of drug-likeness (QED) is 0.859. The lowest BCUT2D eigenvalue weighted by molar-refractivity contribution is 0.0718. The Hall–Kier alpha value is -0.800. The molecule has 1 aromatic rings. The maximum atomic E-state index is 12.9. The molecule has 1 heterocycles. The van der Waals surface area contributed by atoms with Gasteiger partial charge >= 0.3 is 0 Å². The molecule has 98 valence electrons. The summed E-state index contributed by atoms with van der Waals surface area (Å²) in [5.74, 6) is -0.283. The highest BCUT2D eigenvalue weighted by Gasteiger charge is 2.44. The van der Waals surface area contributed by atoms with Crippen molar-refractivity contribution in [1.82, 2.24) is 5.32 Å². The van der Waals surface area contributed by atoms with Crippen LogP contribution in [0.1, 0.15) is 25.7 Å². The molecule has 0 unspecified atom stereocenters. The van der Waals surface area contributed by atoms with Crippen LogP contribution < -0.4 is 10.6 Å². The van der Waals surface area contributed by atoms with Gasteiger partial charge < -0.3 is 10.6 Å². The molecule has 0 bridgehead atoms. The monoisotopic (exact) mass is 268 g/mol. The van der Waals surface area contributed by atoms with Gasteiger partial charge in [0.25, 0.3) is 0 Å². The Labute approximate surface area is 112 Å². The van der Waals surface area contributed by atoms with E-state index in [1.165, 1.54) is 37.8 Å². The van der Waals surface area contributed by atoms with Gasteiger partial charge in [0.1, 0.15) is 5.82 Å². The van der Waals surface area contributed by atoms with E-state index >= 15 is 0 Å². The largest absolute Gasteiger partial charge is 0.381 e. The number of nitrogens with one attached hydrogen (secondary N) is 2. The average Bonchev–Trinajstić information content (AvgIpc) is 2.32. The highest BCUT2D eigenvalue weighted by molar-refractivity contribution is 6.33. The van der Waals surface area contributed by atoms with Crippen LogP contribution >= 0.6 is 11.6 Å². The molecule has 2 fully saturated rings. The first kappa shape index (κ1) is 12.2. The summed E-state index contributed by atoms with van der Waals surface area (Å²) < 4.78 is 12.9. The Morgan fingerprint density at radius 3 is 2.67 bits per heavy atom. The SMILES string of the molecule is Fc1ccc(NC2CC3(CCNCC3)C2)c(Cl)c1. The molecule has 0 radical (unpaired) electrons. The molecule has 1 saturated heterocycles. The van der Waals surface area contributed by atoms with E-state index in [-0.39, 0.29) is 5.82 Å². The first-order valence-electron chi connectivity index (χ1n) is 6.59. The second-order valence-electron chi connectivity index (χ2n) is 5.62. The van der Waals surface area contributed by atoms with Crippen molar-refractivity contribution < 1.29 is 4.39 Å². The Morgan fingerprint density at radius 2 is 2.00 bits per heavy atom. The van der Waals surface area contributed by atoms with Crippen molar-refractivity contribution in [2.75, 3.05) is 18.4 Å². The standard InChI is InChI=1S/C14H18ClFN2/c15-12-7-10(16)1-2-13(12)18-11-8-14(9-11)3-5-17-6-4-14/h1-2,7,11,17-18H,3-6,8-9H2. The Morgan fingerprint density at radius 1 is 1.28 bits per heavy atom. The summed E-state index contributed by atoms with van der Waals surface area (Å²) in [6.07, 6.45) is 4.98. The second-order valence-corrected chi connectivity index (χ2v) is 6.03. The molecular formula is C14H18ClFN2. The average molecular weight is 269 g/mol. The van der Waals surface area contributed by atoms with Crippen LogP contribution in [0.15, 0.2) is 18.2 Å². The van der Waals surface area contributed by atoms with Crippen LogP contribution in [-0.4, -0.2) is 19.1 Å². The summed E-state index contributed by atoms with van der Waals surface area (Å²) in [5.41, 5.74) is 1.40. The molecule has 0 atom stereocenters. The number of anilines is 1. The lowest BCUT2D eigenvalue weighted by atomic mass is 9.60. The van der Waals surface area contributed by atoms with Crippen LogP contribution in [-0.2, 0) is 0 Å². The zero-order chi connectivity index (χ0) is 12.6. The van der Waals surface area contributed by atoms with Crippen molar-refractivity contribution in [2.45, 2.75) is 31.7 Å². The third kappa shape index (κ3) is 2.34. The molecule has 2 nitrogen and oxygen atoms in total. The number of halogens is 2. The van der Waals surface area contributed by atoms with Crippen LogP contribution in [0.2, 0.25) is 5.02 Å². The first-order chi connectivity index (χ1) is 8.67. The van der Waals surface area contributed by atoms with E-state index < -0.39 is 0 Å². The van der Waals surface area contributed by atoms with Gasteiger partial charge in [-0.2, -0.15) is 0 Å². The molecule has 0 amide bonds. The van der Waals surface area contributed by atoms with Gasteiger partial charge in [-0.05, 0) is 62.4 Å². The molecule has 3 rings (SSSR count). The number of benzene rings is 1. The van der Waals surface area contributed by atoms with Gasteiger partial charge in [0.05, 0.1) is 10.7 Å². The minimum absolute atomic E-state index is 0.283. The third-order valence-corrected chi connectivity index (χ3v) is 4.63. The predicted molar refractivity (Wildman–Crippen MR) is 72.6 cm³/mol. The normalized spacial score (nSPS) is 22.8. The van der Waals surface area contributed by atoms with Crippen LogP contribution in [0.4, 0.5) is 10.1 Å². The molecule has 1 aliphatic carbocycles. The maximum absolute atomic E-state index is 12.9. The minimum Gasteiger partial charge on any atom is -0.381 e. The van der Waals surface area contributed by atoms with Crippen molar-refractivity contribution in [3.05, 3.63) is 29.0 Å². The Bertz CT molecular complexity index is 435. The fourth-order valence-electron chi connectivity index (χ4n) is 3.28. The fraction of sp³-hybridized carbons (Fsp3) is 0.571. The zero-order valence-electron chi connectivity index (χ0n) is 10.3. The minimum atomic E-state index is -0.283. The van der Waals surface area contributed by atoms with Crippen molar-refractivity contribution in [3.8, 4) is 0 Å². The number of hydrogen-bond acceptors (Lipinski definition) is 2. The molecule has 18 heavy (non-hydrogen) atoms. The van der Waals surface area contributed by atoms with Crippen LogP contribution in [0.5, 0.6) is 0 Å². The van der Waals surface area contributed by atoms with Gasteiger partial charge in [-0.3, -0.25) is 0 Å². The van der Waals surface area contributed by atoms with Gasteiger partial charge in [0.2, 0.25) is 0 Å². The summed E-state index contributed by atoms with van der Waals surface area (Å²) in [4.78, 5) is 0. The van der Waals surface area contributed by atoms with Gasteiger partial charge in [0.15, 0.2) is 0 Å². The highest BCUT2D eigenvalue weighted by atomic mass is 35.5. The van der Waals surface area contributed by atoms with Crippen LogP contribution in [0, 0.1) is 11.2 Å². The summed E-state index contributed by atoms with van der Waals surface area (Å²) in [6.45, 7) is 2.29. The summed E-state index contributed by atoms with van der Waals surface area (Å²) in [5, 5.41) is 7.30. The van der Waals surface area contributed by atoms with E-state index in [1.54, 1.807) is 6.07 Å². The lowest BCUT2D eigenvalue weighted by Gasteiger charge is -2.51. The molecule has 1 spiro atoms. The Balaban J connectivity index is 1.59. The van der Waals surface area contributed by atoms with E-state index in [2.05, 4.69) is 10.6 Å². The van der Waals surface area contributed by atoms with Gasteiger partial charge in [-0.1, -0.05) is 11.6 Å². The van der Waals surface area contributed by atoms with Crippen molar-refractivity contribution in [3.63, 3.8) is 0 Å². The van der Waals surface area contributed by atoms with Gasteiger partial charge in [0, 0.05) is 6.04 Å². The van der Waals surface area contributed by atoms with Crippen molar-refractivity contribution >= 4 is 17.3 Å². The molecule has 1 aromatic carbocycles. The van der Waals surface area contributed by atoms with E-state index in [0.29, 0.717) is 16.5 Å². The highest BCUT2D eigenvalue weighted by Crippen LogP contribution is 2.49. The molecule has 2 N–H and O–H groups in total. The third-order valence-electron chi connectivity index (χ3n) is 4.31. The Kier molecular flexibility index (Phi) is 3.20. The summed E-state index contributed by atoms with van der Waals surface area (Å²) >= 11 is 6.02. The van der Waals surface area contributed by atoms with Crippen LogP contribution in [0.25, 0.3) is 0 Å². The summed E-state index contributed by atoms with van der Waals surface area (Å²) in [6, 6.07) is 5.03. The maximum Gasteiger partial charge on any atom is 0.124 e. The number of rotatable bonds is 2. The van der Waals surface area contributed by atoms with E-state index in [0.717, 1.165) is 18.8 Å². The number of hydrogen-bond donors (Lipinski definition) is 2. The predicted octanol–water partition coefficient (Wildman–Crippen LogP) is 3.42. The second kappa shape index (κ2) is 4.71. The topological polar surface area (TPSA) is 24.1 Å². The zero-order valence-corrected chi connectivity index (χ0v) is 11.1. The van der Waals surface area contributed by atoms with Crippen molar-refractivity contribution in [1.29, 1.82) is 0 Å². The lowest BCUT2D eigenvalue weighted by Crippen LogP contribution is -2.50. The molecule has 1 saturated carbocycles. The molecule has 1 aliphatic heterocycles. The van der Waals surface area contributed by atoms with E-state index in [1.807, 2.05) is 0 Å². The van der Waals surface area contributed by atoms with Crippen molar-refractivity contribution in [2.24, 2.45) is 5.41 Å². The number of piperidine rings is 1. The molecule has 2 aliphatic rings. The smallest absolute Gasteiger partial charge is 0.124 e. The fourth-order valence-corrected chi connectivity index (χ4v) is 3.50. The molecule has 0 aromatic heterocycles. The van der Waals surface area contributed by atoms with Gasteiger partial charge in [-0.15, -0.1) is 0 Å².